The van der Waals surface area contributed by atoms with Crippen LogP contribution in [0.4, 0.5) is 11.6 Å². The van der Waals surface area contributed by atoms with Crippen LogP contribution < -0.4 is 10.2 Å². The van der Waals surface area contributed by atoms with Crippen LogP contribution in [0.25, 0.3) is 5.69 Å². The SMILES string of the molecule is Cc1ccccc1-n1c(SCC(=O)c2ccc(NC(=O)CC(C)C)cc2)nnc1N1CCOCC1. The number of nitrogens with one attached hydrogen (secondary N) is 1. The summed E-state index contributed by atoms with van der Waals surface area (Å²) in [6.45, 7) is 8.84. The van der Waals surface area contributed by atoms with E-state index >= 15 is 0 Å². The zero-order chi connectivity index (χ0) is 24.8. The van der Waals surface area contributed by atoms with Crippen LogP contribution in [0.1, 0.15) is 36.2 Å². The highest BCUT2D eigenvalue weighted by Crippen LogP contribution is 2.29. The van der Waals surface area contributed by atoms with Crippen LogP contribution in [0.15, 0.2) is 53.7 Å². The van der Waals surface area contributed by atoms with E-state index < -0.39 is 0 Å². The van der Waals surface area contributed by atoms with Gasteiger partial charge in [0.1, 0.15) is 0 Å². The normalized spacial score (nSPS) is 13.8. The minimum absolute atomic E-state index is 0.0117. The molecule has 4 rings (SSSR count). The van der Waals surface area contributed by atoms with Crippen LogP contribution in [-0.4, -0.2) is 58.5 Å². The average Bonchev–Trinajstić information content (AvgIpc) is 3.27. The molecule has 35 heavy (non-hydrogen) atoms. The number of thioether (sulfide) groups is 1. The number of nitrogens with zero attached hydrogens (tertiary/aromatic N) is 4. The minimum atomic E-state index is -0.0266. The summed E-state index contributed by atoms with van der Waals surface area (Å²) in [5.41, 5.74) is 3.38. The van der Waals surface area contributed by atoms with E-state index in [1.54, 1.807) is 24.3 Å². The Bertz CT molecular complexity index is 1170. The van der Waals surface area contributed by atoms with Gasteiger partial charge < -0.3 is 15.0 Å². The maximum absolute atomic E-state index is 12.9. The van der Waals surface area contributed by atoms with Gasteiger partial charge in [-0.05, 0) is 48.7 Å². The van der Waals surface area contributed by atoms with Gasteiger partial charge in [0.25, 0.3) is 0 Å². The number of carbonyl (C=O) groups is 2. The predicted octanol–water partition coefficient (Wildman–Crippen LogP) is 4.37. The van der Waals surface area contributed by atoms with E-state index in [1.165, 1.54) is 11.8 Å². The molecule has 0 atom stereocenters. The summed E-state index contributed by atoms with van der Waals surface area (Å²) in [5, 5.41) is 12.5. The molecule has 9 heteroatoms. The molecule has 1 aliphatic heterocycles. The molecule has 1 N–H and O–H groups in total. The lowest BCUT2D eigenvalue weighted by molar-refractivity contribution is -0.116. The van der Waals surface area contributed by atoms with E-state index in [-0.39, 0.29) is 17.4 Å². The summed E-state index contributed by atoms with van der Waals surface area (Å²) in [7, 11) is 0. The second-order valence-electron chi connectivity index (χ2n) is 8.94. The van der Waals surface area contributed by atoms with Crippen molar-refractivity contribution in [2.45, 2.75) is 32.3 Å². The Balaban J connectivity index is 1.48. The molecule has 1 fully saturated rings. The molecular formula is C26H31N5O3S. The van der Waals surface area contributed by atoms with Gasteiger partial charge in [0.2, 0.25) is 11.9 Å². The van der Waals surface area contributed by atoms with Crippen molar-refractivity contribution in [1.82, 2.24) is 14.8 Å². The fourth-order valence-electron chi connectivity index (χ4n) is 3.88. The van der Waals surface area contributed by atoms with Gasteiger partial charge in [0, 0.05) is 30.8 Å². The van der Waals surface area contributed by atoms with E-state index in [0.29, 0.717) is 42.0 Å². The molecule has 0 unspecified atom stereocenters. The number of Topliss-reactive ketones (excluding diaryl/α,β-unsaturated/α-hetero) is 1. The third-order valence-corrected chi connectivity index (χ3v) is 6.61. The number of benzene rings is 2. The highest BCUT2D eigenvalue weighted by Gasteiger charge is 2.23. The maximum atomic E-state index is 12.9. The predicted molar refractivity (Wildman–Crippen MR) is 139 cm³/mol. The Kier molecular flexibility index (Phi) is 8.20. The summed E-state index contributed by atoms with van der Waals surface area (Å²) in [6, 6.07) is 15.1. The number of rotatable bonds is 9. The van der Waals surface area contributed by atoms with Crippen LogP contribution in [0.5, 0.6) is 0 Å². The summed E-state index contributed by atoms with van der Waals surface area (Å²) in [5.74, 6) is 1.24. The number of hydrogen-bond donors (Lipinski definition) is 1. The van der Waals surface area contributed by atoms with Crippen molar-refractivity contribution in [2.75, 3.05) is 42.3 Å². The first kappa shape index (κ1) is 24.9. The van der Waals surface area contributed by atoms with Crippen molar-refractivity contribution >= 4 is 35.1 Å². The van der Waals surface area contributed by atoms with E-state index in [1.807, 2.05) is 36.6 Å². The van der Waals surface area contributed by atoms with Crippen molar-refractivity contribution in [1.29, 1.82) is 0 Å². The number of para-hydroxylation sites is 1. The number of amides is 1. The van der Waals surface area contributed by atoms with Gasteiger partial charge in [-0.3, -0.25) is 14.2 Å². The number of carbonyl (C=O) groups excluding carboxylic acids is 2. The standard InChI is InChI=1S/C26H31N5O3S/c1-18(2)16-24(33)27-21-10-8-20(9-11-21)23(32)17-35-26-29-28-25(30-12-14-34-15-13-30)31(26)22-7-5-4-6-19(22)3/h4-11,18H,12-17H2,1-3H3,(H,27,33). The lowest BCUT2D eigenvalue weighted by Gasteiger charge is -2.28. The Morgan fingerprint density at radius 1 is 1.06 bits per heavy atom. The van der Waals surface area contributed by atoms with Crippen LogP contribution in [-0.2, 0) is 9.53 Å². The Morgan fingerprint density at radius 3 is 2.46 bits per heavy atom. The zero-order valence-corrected chi connectivity index (χ0v) is 21.2. The number of hydrogen-bond acceptors (Lipinski definition) is 7. The summed E-state index contributed by atoms with van der Waals surface area (Å²) < 4.78 is 7.53. The first-order valence-corrected chi connectivity index (χ1v) is 12.8. The molecule has 0 bridgehead atoms. The van der Waals surface area contributed by atoms with Crippen molar-refractivity contribution in [2.24, 2.45) is 5.92 Å². The third kappa shape index (κ3) is 6.29. The van der Waals surface area contributed by atoms with E-state index in [9.17, 15) is 9.59 Å². The largest absolute Gasteiger partial charge is 0.378 e. The number of ketones is 1. The molecule has 8 nitrogen and oxygen atoms in total. The van der Waals surface area contributed by atoms with Gasteiger partial charge in [-0.2, -0.15) is 0 Å². The van der Waals surface area contributed by atoms with Gasteiger partial charge in [-0.25, -0.2) is 0 Å². The van der Waals surface area contributed by atoms with Crippen molar-refractivity contribution in [3.8, 4) is 5.69 Å². The van der Waals surface area contributed by atoms with E-state index in [0.717, 1.165) is 30.3 Å². The average molecular weight is 494 g/mol. The lowest BCUT2D eigenvalue weighted by atomic mass is 10.1. The second-order valence-corrected chi connectivity index (χ2v) is 9.88. The first-order chi connectivity index (χ1) is 16.9. The first-order valence-electron chi connectivity index (χ1n) is 11.8. The topological polar surface area (TPSA) is 89.3 Å². The van der Waals surface area contributed by atoms with Crippen molar-refractivity contribution in [3.63, 3.8) is 0 Å². The summed E-state index contributed by atoms with van der Waals surface area (Å²) in [6.07, 6.45) is 0.464. The molecule has 1 aliphatic rings. The Labute approximate surface area is 210 Å². The molecular weight excluding hydrogens is 462 g/mol. The quantitative estimate of drug-likeness (QED) is 0.350. The zero-order valence-electron chi connectivity index (χ0n) is 20.4. The highest BCUT2D eigenvalue weighted by molar-refractivity contribution is 7.99. The second kappa shape index (κ2) is 11.5. The molecule has 0 saturated carbocycles. The molecule has 3 aromatic rings. The van der Waals surface area contributed by atoms with Gasteiger partial charge in [-0.1, -0.05) is 43.8 Å². The Hall–Kier alpha value is -3.17. The van der Waals surface area contributed by atoms with Gasteiger partial charge in [0.15, 0.2) is 10.9 Å². The van der Waals surface area contributed by atoms with Crippen molar-refractivity contribution < 1.29 is 14.3 Å². The number of ether oxygens (including phenoxy) is 1. The fraction of sp³-hybridized carbons (Fsp3) is 0.385. The van der Waals surface area contributed by atoms with Crippen LogP contribution >= 0.6 is 11.8 Å². The molecule has 1 amide bonds. The minimum Gasteiger partial charge on any atom is -0.378 e. The van der Waals surface area contributed by atoms with Gasteiger partial charge in [0.05, 0.1) is 24.7 Å². The number of aryl methyl sites for hydroxylation is 1. The Morgan fingerprint density at radius 2 is 1.77 bits per heavy atom. The molecule has 0 spiro atoms. The molecule has 0 radical (unpaired) electrons. The fourth-order valence-corrected chi connectivity index (χ4v) is 4.72. The van der Waals surface area contributed by atoms with Crippen molar-refractivity contribution in [3.05, 3.63) is 59.7 Å². The number of anilines is 2. The molecule has 2 aromatic carbocycles. The van der Waals surface area contributed by atoms with Gasteiger partial charge >= 0.3 is 0 Å². The lowest BCUT2D eigenvalue weighted by Crippen LogP contribution is -2.38. The van der Waals surface area contributed by atoms with Crippen LogP contribution in [0.3, 0.4) is 0 Å². The monoisotopic (exact) mass is 493 g/mol. The third-order valence-electron chi connectivity index (χ3n) is 5.68. The summed E-state index contributed by atoms with van der Waals surface area (Å²) >= 11 is 1.37. The molecule has 1 aromatic heterocycles. The van der Waals surface area contributed by atoms with E-state index in [4.69, 9.17) is 4.74 Å². The number of aromatic nitrogens is 3. The maximum Gasteiger partial charge on any atom is 0.232 e. The van der Waals surface area contributed by atoms with Gasteiger partial charge in [-0.15, -0.1) is 10.2 Å². The number of morpholine rings is 1. The van der Waals surface area contributed by atoms with Crippen LogP contribution in [0, 0.1) is 12.8 Å². The molecule has 184 valence electrons. The van der Waals surface area contributed by atoms with E-state index in [2.05, 4.69) is 33.4 Å². The highest BCUT2D eigenvalue weighted by atomic mass is 32.2. The smallest absolute Gasteiger partial charge is 0.232 e. The molecule has 0 aliphatic carbocycles. The summed E-state index contributed by atoms with van der Waals surface area (Å²) in [4.78, 5) is 27.1. The molecule has 1 saturated heterocycles. The molecule has 2 heterocycles. The van der Waals surface area contributed by atoms with Crippen LogP contribution in [0.2, 0.25) is 0 Å².